The lowest BCUT2D eigenvalue weighted by Crippen LogP contribution is -2.49. The number of aryl methyl sites for hydroxylation is 1. The summed E-state index contributed by atoms with van der Waals surface area (Å²) in [6.07, 6.45) is 0.862. The van der Waals surface area contributed by atoms with E-state index < -0.39 is 11.8 Å². The van der Waals surface area contributed by atoms with E-state index in [4.69, 9.17) is 33.3 Å². The van der Waals surface area contributed by atoms with Gasteiger partial charge in [0.2, 0.25) is 0 Å². The van der Waals surface area contributed by atoms with Gasteiger partial charge in [0, 0.05) is 9.50 Å². The minimum atomic E-state index is -0.476. The molecule has 0 bridgehead atoms. The SMILES string of the molecule is Cc1cc(Cl)ccc1OCC(=O)NNC(=S)NC(=O)c1cc(Br)ccc1OCCC(C)C. The van der Waals surface area contributed by atoms with Crippen LogP contribution in [0.3, 0.4) is 0 Å². The van der Waals surface area contributed by atoms with Gasteiger partial charge in [-0.3, -0.25) is 25.8 Å². The van der Waals surface area contributed by atoms with Crippen LogP contribution >= 0.6 is 39.7 Å². The third kappa shape index (κ3) is 8.64. The Morgan fingerprint density at radius 3 is 2.50 bits per heavy atom. The number of hydrogen-bond acceptors (Lipinski definition) is 5. The van der Waals surface area contributed by atoms with Crippen molar-refractivity contribution in [3.63, 3.8) is 0 Å². The maximum absolute atomic E-state index is 12.7. The zero-order chi connectivity index (χ0) is 23.7. The highest BCUT2D eigenvalue weighted by Gasteiger charge is 2.15. The third-order valence-corrected chi connectivity index (χ3v) is 5.11. The second kappa shape index (κ2) is 12.6. The monoisotopic (exact) mass is 541 g/mol. The van der Waals surface area contributed by atoms with Gasteiger partial charge in [-0.25, -0.2) is 0 Å². The third-order valence-electron chi connectivity index (χ3n) is 4.18. The largest absolute Gasteiger partial charge is 0.493 e. The van der Waals surface area contributed by atoms with E-state index in [1.165, 1.54) is 0 Å². The Morgan fingerprint density at radius 2 is 1.81 bits per heavy atom. The van der Waals surface area contributed by atoms with E-state index in [0.29, 0.717) is 34.6 Å². The van der Waals surface area contributed by atoms with Crippen molar-refractivity contribution < 1.29 is 19.1 Å². The molecule has 0 unspecified atom stereocenters. The normalized spacial score (nSPS) is 10.4. The predicted molar refractivity (Wildman–Crippen MR) is 132 cm³/mol. The summed E-state index contributed by atoms with van der Waals surface area (Å²) in [6.45, 7) is 6.26. The molecule has 2 amide bonds. The Balaban J connectivity index is 1.85. The molecule has 172 valence electrons. The lowest BCUT2D eigenvalue weighted by molar-refractivity contribution is -0.123. The van der Waals surface area contributed by atoms with Crippen molar-refractivity contribution in [2.45, 2.75) is 27.2 Å². The fourth-order valence-electron chi connectivity index (χ4n) is 2.49. The van der Waals surface area contributed by atoms with Crippen LogP contribution in [-0.4, -0.2) is 30.1 Å². The minimum Gasteiger partial charge on any atom is -0.493 e. The molecule has 32 heavy (non-hydrogen) atoms. The highest BCUT2D eigenvalue weighted by molar-refractivity contribution is 9.10. The molecule has 2 aromatic rings. The number of halogens is 2. The molecule has 2 rings (SSSR count). The molecule has 0 heterocycles. The van der Waals surface area contributed by atoms with E-state index in [1.54, 1.807) is 36.4 Å². The first kappa shape index (κ1) is 25.9. The number of amides is 2. The number of thiocarbonyl (C=S) groups is 1. The van der Waals surface area contributed by atoms with Crippen LogP contribution in [0.2, 0.25) is 5.02 Å². The molecule has 0 aliphatic rings. The van der Waals surface area contributed by atoms with Crippen molar-refractivity contribution in [2.75, 3.05) is 13.2 Å². The average molecular weight is 543 g/mol. The number of carbonyl (C=O) groups excluding carboxylic acids is 2. The van der Waals surface area contributed by atoms with Crippen LogP contribution in [-0.2, 0) is 4.79 Å². The van der Waals surface area contributed by atoms with E-state index in [2.05, 4.69) is 45.9 Å². The Hall–Kier alpha value is -2.36. The Labute approximate surface area is 206 Å². The molecule has 0 atom stereocenters. The van der Waals surface area contributed by atoms with Gasteiger partial charge >= 0.3 is 0 Å². The fraction of sp³-hybridized carbons (Fsp3) is 0.318. The lowest BCUT2D eigenvalue weighted by Gasteiger charge is -2.15. The van der Waals surface area contributed by atoms with Crippen LogP contribution in [0.1, 0.15) is 36.2 Å². The van der Waals surface area contributed by atoms with Gasteiger partial charge in [0.05, 0.1) is 12.2 Å². The van der Waals surface area contributed by atoms with Crippen molar-refractivity contribution in [1.82, 2.24) is 16.2 Å². The summed E-state index contributed by atoms with van der Waals surface area (Å²) in [4.78, 5) is 24.7. The Kier molecular flexibility index (Phi) is 10.2. The molecule has 0 saturated carbocycles. The molecule has 0 saturated heterocycles. The number of hydrazine groups is 1. The summed E-state index contributed by atoms with van der Waals surface area (Å²) in [6, 6.07) is 10.2. The van der Waals surface area contributed by atoms with Crippen LogP contribution in [0.15, 0.2) is 40.9 Å². The quantitative estimate of drug-likeness (QED) is 0.335. The number of ether oxygens (including phenoxy) is 2. The summed E-state index contributed by atoms with van der Waals surface area (Å²) in [5.41, 5.74) is 5.98. The van der Waals surface area contributed by atoms with E-state index in [1.807, 2.05) is 6.92 Å². The first-order valence-corrected chi connectivity index (χ1v) is 11.4. The second-order valence-electron chi connectivity index (χ2n) is 7.33. The predicted octanol–water partition coefficient (Wildman–Crippen LogP) is 4.55. The maximum atomic E-state index is 12.7. The summed E-state index contributed by atoms with van der Waals surface area (Å²) < 4.78 is 11.9. The number of carbonyl (C=O) groups is 2. The standard InChI is InChI=1S/C22H25BrClN3O4S/c1-13(2)8-9-30-19-6-4-15(23)11-17(19)21(29)25-22(32)27-26-20(28)12-31-18-7-5-16(24)10-14(18)3/h4-7,10-11,13H,8-9,12H2,1-3H3,(H,26,28)(H2,25,27,29,32). The van der Waals surface area contributed by atoms with Gasteiger partial charge in [0.1, 0.15) is 11.5 Å². The van der Waals surface area contributed by atoms with Crippen LogP contribution < -0.4 is 25.6 Å². The highest BCUT2D eigenvalue weighted by Crippen LogP contribution is 2.24. The smallest absolute Gasteiger partial charge is 0.276 e. The van der Waals surface area contributed by atoms with Crippen LogP contribution in [0.25, 0.3) is 0 Å². The first-order valence-electron chi connectivity index (χ1n) is 9.87. The molecule has 0 aromatic heterocycles. The van der Waals surface area contributed by atoms with Gasteiger partial charge in [-0.1, -0.05) is 41.4 Å². The van der Waals surface area contributed by atoms with Gasteiger partial charge in [-0.2, -0.15) is 0 Å². The number of rotatable bonds is 8. The van der Waals surface area contributed by atoms with Crippen molar-refractivity contribution in [1.29, 1.82) is 0 Å². The first-order chi connectivity index (χ1) is 15.2. The number of benzene rings is 2. The lowest BCUT2D eigenvalue weighted by atomic mass is 10.1. The zero-order valence-corrected chi connectivity index (χ0v) is 21.1. The topological polar surface area (TPSA) is 88.7 Å². The summed E-state index contributed by atoms with van der Waals surface area (Å²) >= 11 is 14.4. The molecule has 0 aliphatic heterocycles. The molecular formula is C22H25BrClN3O4S. The average Bonchev–Trinajstić information content (AvgIpc) is 2.72. The van der Waals surface area contributed by atoms with E-state index >= 15 is 0 Å². The van der Waals surface area contributed by atoms with Gasteiger partial charge < -0.3 is 9.47 Å². The molecule has 0 fully saturated rings. The van der Waals surface area contributed by atoms with Crippen LogP contribution in [0.4, 0.5) is 0 Å². The van der Waals surface area contributed by atoms with Gasteiger partial charge in [0.15, 0.2) is 11.7 Å². The van der Waals surface area contributed by atoms with Crippen LogP contribution in [0.5, 0.6) is 11.5 Å². The Bertz CT molecular complexity index is 988. The second-order valence-corrected chi connectivity index (χ2v) is 9.09. The van der Waals surface area contributed by atoms with Crippen molar-refractivity contribution in [3.8, 4) is 11.5 Å². The number of nitrogens with one attached hydrogen (secondary N) is 3. The maximum Gasteiger partial charge on any atom is 0.276 e. The summed E-state index contributed by atoms with van der Waals surface area (Å²) in [5.74, 6) is 0.530. The molecule has 10 heteroatoms. The van der Waals surface area contributed by atoms with Gasteiger partial charge in [-0.15, -0.1) is 0 Å². The molecule has 0 aliphatic carbocycles. The van der Waals surface area contributed by atoms with E-state index in [-0.39, 0.29) is 11.7 Å². The summed E-state index contributed by atoms with van der Waals surface area (Å²) in [7, 11) is 0. The molecule has 0 radical (unpaired) electrons. The fourth-order valence-corrected chi connectivity index (χ4v) is 3.22. The van der Waals surface area contributed by atoms with Gasteiger partial charge in [-0.05, 0) is 73.4 Å². The zero-order valence-electron chi connectivity index (χ0n) is 18.0. The minimum absolute atomic E-state index is 0.0703. The van der Waals surface area contributed by atoms with Gasteiger partial charge in [0.25, 0.3) is 11.8 Å². The molecule has 7 nitrogen and oxygen atoms in total. The van der Waals surface area contributed by atoms with E-state index in [9.17, 15) is 9.59 Å². The number of hydrogen-bond donors (Lipinski definition) is 3. The summed E-state index contributed by atoms with van der Waals surface area (Å²) in [5, 5.41) is 3.03. The Morgan fingerprint density at radius 1 is 1.09 bits per heavy atom. The molecule has 3 N–H and O–H groups in total. The highest BCUT2D eigenvalue weighted by atomic mass is 79.9. The van der Waals surface area contributed by atoms with Crippen molar-refractivity contribution in [3.05, 3.63) is 57.0 Å². The molecule has 2 aromatic carbocycles. The molecule has 0 spiro atoms. The van der Waals surface area contributed by atoms with E-state index in [0.717, 1.165) is 16.5 Å². The van der Waals surface area contributed by atoms with Crippen LogP contribution in [0, 0.1) is 12.8 Å². The molecular weight excluding hydrogens is 518 g/mol. The van der Waals surface area contributed by atoms with Crippen molar-refractivity contribution >= 4 is 56.7 Å². The van der Waals surface area contributed by atoms with Crippen molar-refractivity contribution in [2.24, 2.45) is 5.92 Å².